The van der Waals surface area contributed by atoms with Crippen molar-refractivity contribution in [3.63, 3.8) is 0 Å². The van der Waals surface area contributed by atoms with Crippen LogP contribution < -0.4 is 0 Å². The lowest BCUT2D eigenvalue weighted by atomic mass is 9.90. The van der Waals surface area contributed by atoms with Crippen LogP contribution >= 0.6 is 15.9 Å². The molecule has 0 saturated carbocycles. The van der Waals surface area contributed by atoms with Crippen molar-refractivity contribution in [3.8, 4) is 0 Å². The van der Waals surface area contributed by atoms with Crippen LogP contribution in [0.5, 0.6) is 0 Å². The van der Waals surface area contributed by atoms with Crippen molar-refractivity contribution in [1.82, 2.24) is 10.2 Å². The predicted molar refractivity (Wildman–Crippen MR) is 46.9 cm³/mol. The molecule has 5 heteroatoms. The minimum Gasteiger partial charge on any atom is -0.481 e. The number of H-pyrrole nitrogens is 1. The second-order valence-electron chi connectivity index (χ2n) is 3.03. The zero-order valence-electron chi connectivity index (χ0n) is 6.76. The van der Waals surface area contributed by atoms with E-state index in [4.69, 9.17) is 5.11 Å². The number of nitrogens with zero attached hydrogens (tertiary/aromatic N) is 1. The summed E-state index contributed by atoms with van der Waals surface area (Å²) in [4.78, 5) is 10.8. The van der Waals surface area contributed by atoms with Gasteiger partial charge in [0, 0.05) is 0 Å². The summed E-state index contributed by atoms with van der Waals surface area (Å²) in [5.41, 5.74) is -0.333. The van der Waals surface area contributed by atoms with Gasteiger partial charge in [-0.15, -0.1) is 0 Å². The highest BCUT2D eigenvalue weighted by atomic mass is 79.9. The Morgan fingerprint density at radius 2 is 2.33 bits per heavy atom. The van der Waals surface area contributed by atoms with Gasteiger partial charge in [0.15, 0.2) is 0 Å². The first-order valence-corrected chi connectivity index (χ1v) is 4.18. The fraction of sp³-hybridized carbons (Fsp3) is 0.429. The molecule has 1 aromatic heterocycles. The maximum atomic E-state index is 10.8. The molecule has 0 radical (unpaired) electrons. The van der Waals surface area contributed by atoms with Gasteiger partial charge < -0.3 is 5.11 Å². The van der Waals surface area contributed by atoms with E-state index in [1.54, 1.807) is 19.9 Å². The summed E-state index contributed by atoms with van der Waals surface area (Å²) < 4.78 is 0.617. The van der Waals surface area contributed by atoms with Crippen LogP contribution in [0.25, 0.3) is 0 Å². The molecule has 0 aliphatic heterocycles. The minimum absolute atomic E-state index is 0.585. The van der Waals surface area contributed by atoms with E-state index in [0.29, 0.717) is 10.3 Å². The molecule has 66 valence electrons. The third-order valence-corrected chi connectivity index (χ3v) is 2.16. The fourth-order valence-corrected chi connectivity index (χ4v) is 1.05. The second-order valence-corrected chi connectivity index (χ2v) is 3.85. The molecule has 0 aliphatic rings. The molecule has 2 N–H and O–H groups in total. The largest absolute Gasteiger partial charge is 0.481 e. The SMILES string of the molecule is CC(C)(C(=O)O)c1cc(Br)n[nH]1. The number of carbonyl (C=O) groups is 1. The maximum absolute atomic E-state index is 10.8. The van der Waals surface area contributed by atoms with Crippen LogP contribution in [-0.4, -0.2) is 21.3 Å². The Kier molecular flexibility index (Phi) is 2.23. The third kappa shape index (κ3) is 1.50. The van der Waals surface area contributed by atoms with Gasteiger partial charge in [-0.3, -0.25) is 9.89 Å². The Bertz CT molecular complexity index is 306. The number of carboxylic acid groups (broad SMARTS) is 1. The molecular weight excluding hydrogens is 224 g/mol. The number of nitrogens with one attached hydrogen (secondary N) is 1. The molecule has 0 fully saturated rings. The molecule has 1 aromatic rings. The van der Waals surface area contributed by atoms with Crippen molar-refractivity contribution in [2.75, 3.05) is 0 Å². The molecule has 0 atom stereocenters. The Labute approximate surface area is 78.1 Å². The van der Waals surface area contributed by atoms with E-state index in [0.717, 1.165) is 0 Å². The Hall–Kier alpha value is -0.840. The van der Waals surface area contributed by atoms with Gasteiger partial charge in [0.25, 0.3) is 0 Å². The number of aliphatic carboxylic acids is 1. The molecule has 0 bridgehead atoms. The van der Waals surface area contributed by atoms with E-state index in [1.165, 1.54) is 0 Å². The smallest absolute Gasteiger partial charge is 0.315 e. The lowest BCUT2D eigenvalue weighted by molar-refractivity contribution is -0.142. The predicted octanol–water partition coefficient (Wildman–Crippen LogP) is 1.53. The Morgan fingerprint density at radius 3 is 2.67 bits per heavy atom. The highest BCUT2D eigenvalue weighted by Crippen LogP contribution is 2.23. The third-order valence-electron chi connectivity index (χ3n) is 1.75. The summed E-state index contributed by atoms with van der Waals surface area (Å²) in [5.74, 6) is -0.876. The Balaban J connectivity index is 3.05. The van der Waals surface area contributed by atoms with Crippen LogP contribution in [0.3, 0.4) is 0 Å². The first-order valence-electron chi connectivity index (χ1n) is 3.39. The van der Waals surface area contributed by atoms with Gasteiger partial charge in [-0.05, 0) is 35.8 Å². The first kappa shape index (κ1) is 9.25. The quantitative estimate of drug-likeness (QED) is 0.813. The van der Waals surface area contributed by atoms with Crippen LogP contribution in [0.15, 0.2) is 10.7 Å². The molecule has 0 aromatic carbocycles. The van der Waals surface area contributed by atoms with Gasteiger partial charge in [-0.1, -0.05) is 0 Å². The lowest BCUT2D eigenvalue weighted by Crippen LogP contribution is -2.28. The van der Waals surface area contributed by atoms with Crippen molar-refractivity contribution >= 4 is 21.9 Å². The molecule has 1 rings (SSSR count). The number of hydrogen-bond donors (Lipinski definition) is 2. The highest BCUT2D eigenvalue weighted by molar-refractivity contribution is 9.10. The summed E-state index contributed by atoms with van der Waals surface area (Å²) in [6.07, 6.45) is 0. The van der Waals surface area contributed by atoms with E-state index < -0.39 is 11.4 Å². The van der Waals surface area contributed by atoms with Gasteiger partial charge in [0.1, 0.15) is 10.0 Å². The van der Waals surface area contributed by atoms with E-state index in [9.17, 15) is 4.79 Å². The highest BCUT2D eigenvalue weighted by Gasteiger charge is 2.31. The summed E-state index contributed by atoms with van der Waals surface area (Å²) in [5, 5.41) is 15.3. The maximum Gasteiger partial charge on any atom is 0.315 e. The topological polar surface area (TPSA) is 66.0 Å². The van der Waals surface area contributed by atoms with Crippen LogP contribution in [0.1, 0.15) is 19.5 Å². The van der Waals surface area contributed by atoms with Crippen molar-refractivity contribution in [2.24, 2.45) is 0 Å². The molecule has 4 nitrogen and oxygen atoms in total. The van der Waals surface area contributed by atoms with Gasteiger partial charge in [0.2, 0.25) is 0 Å². The van der Waals surface area contributed by atoms with Crippen molar-refractivity contribution in [3.05, 3.63) is 16.4 Å². The van der Waals surface area contributed by atoms with Crippen molar-refractivity contribution in [1.29, 1.82) is 0 Å². The summed E-state index contributed by atoms with van der Waals surface area (Å²) in [6, 6.07) is 1.66. The average Bonchev–Trinajstić information content (AvgIpc) is 2.35. The first-order chi connectivity index (χ1) is 5.44. The molecule has 0 saturated heterocycles. The monoisotopic (exact) mass is 232 g/mol. The Morgan fingerprint density at radius 1 is 1.75 bits per heavy atom. The normalized spacial score (nSPS) is 11.6. The van der Waals surface area contributed by atoms with E-state index in [-0.39, 0.29) is 0 Å². The van der Waals surface area contributed by atoms with Gasteiger partial charge >= 0.3 is 5.97 Å². The number of halogens is 1. The van der Waals surface area contributed by atoms with Crippen LogP contribution in [0, 0.1) is 0 Å². The molecule has 0 amide bonds. The van der Waals surface area contributed by atoms with Gasteiger partial charge in [-0.25, -0.2) is 0 Å². The van der Waals surface area contributed by atoms with Crippen LogP contribution in [0.2, 0.25) is 0 Å². The number of rotatable bonds is 2. The van der Waals surface area contributed by atoms with Gasteiger partial charge in [-0.2, -0.15) is 5.10 Å². The van der Waals surface area contributed by atoms with Gasteiger partial charge in [0.05, 0.1) is 5.69 Å². The molecule has 0 unspecified atom stereocenters. The summed E-state index contributed by atoms with van der Waals surface area (Å²) >= 11 is 3.14. The number of aromatic nitrogens is 2. The summed E-state index contributed by atoms with van der Waals surface area (Å²) in [6.45, 7) is 3.24. The van der Waals surface area contributed by atoms with Crippen molar-refractivity contribution < 1.29 is 9.90 Å². The number of carboxylic acids is 1. The molecule has 1 heterocycles. The van der Waals surface area contributed by atoms with Crippen molar-refractivity contribution in [2.45, 2.75) is 19.3 Å². The molecular formula is C7H9BrN2O2. The minimum atomic E-state index is -0.918. The number of aromatic amines is 1. The molecule has 0 spiro atoms. The van der Waals surface area contributed by atoms with E-state index in [1.807, 2.05) is 0 Å². The zero-order chi connectivity index (χ0) is 9.35. The van der Waals surface area contributed by atoms with Crippen LogP contribution in [-0.2, 0) is 10.2 Å². The zero-order valence-corrected chi connectivity index (χ0v) is 8.34. The van der Waals surface area contributed by atoms with E-state index >= 15 is 0 Å². The van der Waals surface area contributed by atoms with E-state index in [2.05, 4.69) is 26.1 Å². The standard InChI is InChI=1S/C7H9BrN2O2/c1-7(2,6(11)12)4-3-5(8)10-9-4/h3H,1-2H3,(H,9,10)(H,11,12). The number of hydrogen-bond acceptors (Lipinski definition) is 2. The average molecular weight is 233 g/mol. The van der Waals surface area contributed by atoms with Crippen LogP contribution in [0.4, 0.5) is 0 Å². The summed E-state index contributed by atoms with van der Waals surface area (Å²) in [7, 11) is 0. The molecule has 0 aliphatic carbocycles. The molecule has 12 heavy (non-hydrogen) atoms. The second kappa shape index (κ2) is 2.90. The lowest BCUT2D eigenvalue weighted by Gasteiger charge is -2.15. The fourth-order valence-electron chi connectivity index (χ4n) is 0.733.